The van der Waals surface area contributed by atoms with Crippen LogP contribution in [0.3, 0.4) is 0 Å². The molecule has 0 aliphatic rings. The Hall–Kier alpha value is -0.310. The van der Waals surface area contributed by atoms with E-state index in [1.165, 1.54) is 70.6 Å². The summed E-state index contributed by atoms with van der Waals surface area (Å²) in [6, 6.07) is 0. The van der Waals surface area contributed by atoms with Crippen molar-refractivity contribution in [2.75, 3.05) is 0 Å². The van der Waals surface area contributed by atoms with Crippen LogP contribution in [-0.4, -0.2) is 15.5 Å². The van der Waals surface area contributed by atoms with Gasteiger partial charge in [0.15, 0.2) is 0 Å². The summed E-state index contributed by atoms with van der Waals surface area (Å²) in [6.45, 7) is 2.26. The van der Waals surface area contributed by atoms with Gasteiger partial charge in [-0.3, -0.25) is 0 Å². The van der Waals surface area contributed by atoms with Crippen molar-refractivity contribution >= 4 is 11.6 Å². The molecule has 2 N–H and O–H groups in total. The molecule has 0 aromatic heterocycles. The topological polar surface area (TPSA) is 40.5 Å². The van der Waals surface area contributed by atoms with Gasteiger partial charge in [0.05, 0.1) is 0 Å². The van der Waals surface area contributed by atoms with Gasteiger partial charge in [0.25, 0.3) is 5.25 Å². The molecule has 0 unspecified atom stereocenters. The Bertz CT molecular complexity index is 267. The maximum atomic E-state index is 8.82. The lowest BCUT2D eigenvalue weighted by Gasteiger charge is -2.03. The molecule has 0 rings (SSSR count). The molecule has 0 aliphatic carbocycles. The Kier molecular flexibility index (Phi) is 14.4. The van der Waals surface area contributed by atoms with Crippen LogP contribution in [0.15, 0.2) is 24.3 Å². The third kappa shape index (κ3) is 19.7. The zero-order valence-electron chi connectivity index (χ0n) is 13.6. The second-order valence-electron chi connectivity index (χ2n) is 5.75. The molecular weight excluding hydrogens is 284 g/mol. The van der Waals surface area contributed by atoms with Gasteiger partial charge in [-0.05, 0) is 18.9 Å². The Labute approximate surface area is 135 Å². The van der Waals surface area contributed by atoms with E-state index in [0.29, 0.717) is 0 Å². The van der Waals surface area contributed by atoms with Gasteiger partial charge in [0.2, 0.25) is 0 Å². The molecule has 2 nitrogen and oxygen atoms in total. The molecule has 0 fully saturated rings. The molecule has 0 aromatic carbocycles. The summed E-state index contributed by atoms with van der Waals surface area (Å²) in [5, 5.41) is 15.4. The van der Waals surface area contributed by atoms with Crippen molar-refractivity contribution in [3.8, 4) is 0 Å². The van der Waals surface area contributed by atoms with Crippen LogP contribution in [0.2, 0.25) is 0 Å². The van der Waals surface area contributed by atoms with Crippen molar-refractivity contribution in [3.63, 3.8) is 0 Å². The van der Waals surface area contributed by atoms with Crippen LogP contribution in [-0.2, 0) is 0 Å². The molecule has 0 saturated carbocycles. The van der Waals surface area contributed by atoms with Crippen molar-refractivity contribution in [1.29, 1.82) is 0 Å². The van der Waals surface area contributed by atoms with Crippen LogP contribution in [0.1, 0.15) is 84.0 Å². The fraction of sp³-hybridized carbons (Fsp3) is 0.778. The molecule has 0 radical (unpaired) electrons. The number of rotatable bonds is 14. The second kappa shape index (κ2) is 14.6. The highest BCUT2D eigenvalue weighted by molar-refractivity contribution is 6.22. The summed E-state index contributed by atoms with van der Waals surface area (Å²) in [4.78, 5) is 0. The monoisotopic (exact) mass is 316 g/mol. The van der Waals surface area contributed by atoms with Crippen LogP contribution >= 0.6 is 11.6 Å². The predicted molar refractivity (Wildman–Crippen MR) is 92.4 cm³/mol. The van der Waals surface area contributed by atoms with Gasteiger partial charge in [-0.25, -0.2) is 0 Å². The summed E-state index contributed by atoms with van der Waals surface area (Å²) in [6.07, 6.45) is 22.5. The maximum Gasteiger partial charge on any atom is 0.264 e. The van der Waals surface area contributed by atoms with Crippen molar-refractivity contribution in [2.24, 2.45) is 0 Å². The maximum absolute atomic E-state index is 8.82. The van der Waals surface area contributed by atoms with E-state index in [4.69, 9.17) is 21.8 Å². The molecule has 0 spiro atoms. The SMILES string of the molecule is CCCCCCCCCCCCCC=CC=CC(O)(O)Cl. The quantitative estimate of drug-likeness (QED) is 0.187. The first-order valence-corrected chi connectivity index (χ1v) is 8.92. The smallest absolute Gasteiger partial charge is 0.264 e. The standard InChI is InChI=1S/C18H33ClO2/c1-2-3-4-5-6-7-8-9-10-11-12-13-14-15-16-17-18(19,20)21/h14-17,20-21H,2-13H2,1H3. The van der Waals surface area contributed by atoms with Crippen LogP contribution in [0.5, 0.6) is 0 Å². The van der Waals surface area contributed by atoms with E-state index in [-0.39, 0.29) is 0 Å². The zero-order chi connectivity index (χ0) is 15.8. The highest BCUT2D eigenvalue weighted by Gasteiger charge is 2.10. The van der Waals surface area contributed by atoms with Crippen molar-refractivity contribution in [3.05, 3.63) is 24.3 Å². The zero-order valence-corrected chi connectivity index (χ0v) is 14.3. The van der Waals surface area contributed by atoms with Gasteiger partial charge in [-0.2, -0.15) is 0 Å². The summed E-state index contributed by atoms with van der Waals surface area (Å²) >= 11 is 5.18. The molecule has 3 heteroatoms. The number of allylic oxidation sites excluding steroid dienone is 3. The van der Waals surface area contributed by atoms with Gasteiger partial charge in [0, 0.05) is 0 Å². The van der Waals surface area contributed by atoms with Crippen molar-refractivity contribution in [2.45, 2.75) is 89.2 Å². The Morgan fingerprint density at radius 2 is 1.24 bits per heavy atom. The van der Waals surface area contributed by atoms with E-state index >= 15 is 0 Å². The first-order chi connectivity index (χ1) is 10.1. The molecule has 0 bridgehead atoms. The molecule has 21 heavy (non-hydrogen) atoms. The largest absolute Gasteiger partial charge is 0.350 e. The number of aliphatic hydroxyl groups is 2. The normalized spacial score (nSPS) is 12.8. The number of hydrogen-bond donors (Lipinski definition) is 2. The third-order valence-electron chi connectivity index (χ3n) is 3.53. The number of unbranched alkanes of at least 4 members (excludes halogenated alkanes) is 11. The Morgan fingerprint density at radius 1 is 0.762 bits per heavy atom. The number of hydrogen-bond acceptors (Lipinski definition) is 2. The molecule has 0 atom stereocenters. The third-order valence-corrected chi connectivity index (χ3v) is 3.66. The average Bonchev–Trinajstić information content (AvgIpc) is 2.42. The minimum atomic E-state index is -2.22. The molecule has 0 saturated heterocycles. The van der Waals surface area contributed by atoms with Gasteiger partial charge >= 0.3 is 0 Å². The van der Waals surface area contributed by atoms with Crippen LogP contribution in [0.25, 0.3) is 0 Å². The lowest BCUT2D eigenvalue weighted by molar-refractivity contribution is -0.0409. The van der Waals surface area contributed by atoms with Gasteiger partial charge < -0.3 is 10.2 Å². The first-order valence-electron chi connectivity index (χ1n) is 8.54. The van der Waals surface area contributed by atoms with E-state index in [9.17, 15) is 0 Å². The summed E-state index contributed by atoms with van der Waals surface area (Å²) in [5.41, 5.74) is 0. The van der Waals surface area contributed by atoms with Crippen LogP contribution in [0, 0.1) is 0 Å². The van der Waals surface area contributed by atoms with Gasteiger partial charge in [-0.1, -0.05) is 101 Å². The molecule has 0 aliphatic heterocycles. The molecule has 0 amide bonds. The Balaban J connectivity index is 3.19. The molecule has 124 valence electrons. The highest BCUT2D eigenvalue weighted by atomic mass is 35.5. The fourth-order valence-electron chi connectivity index (χ4n) is 2.28. The molecular formula is C18H33ClO2. The van der Waals surface area contributed by atoms with Gasteiger partial charge in [-0.15, -0.1) is 0 Å². The van der Waals surface area contributed by atoms with E-state index in [1.807, 2.05) is 6.08 Å². The van der Waals surface area contributed by atoms with Gasteiger partial charge in [0.1, 0.15) is 0 Å². The lowest BCUT2D eigenvalue weighted by Crippen LogP contribution is -2.14. The van der Waals surface area contributed by atoms with Crippen LogP contribution in [0.4, 0.5) is 0 Å². The predicted octanol–water partition coefficient (Wildman–Crippen LogP) is 5.68. The van der Waals surface area contributed by atoms with Crippen molar-refractivity contribution < 1.29 is 10.2 Å². The highest BCUT2D eigenvalue weighted by Crippen LogP contribution is 2.12. The molecule has 0 aromatic rings. The lowest BCUT2D eigenvalue weighted by atomic mass is 10.1. The minimum Gasteiger partial charge on any atom is -0.350 e. The molecule has 0 heterocycles. The average molecular weight is 317 g/mol. The van der Waals surface area contributed by atoms with Crippen LogP contribution < -0.4 is 0 Å². The first kappa shape index (κ1) is 20.7. The van der Waals surface area contributed by atoms with E-state index < -0.39 is 5.25 Å². The Morgan fingerprint density at radius 3 is 1.71 bits per heavy atom. The van der Waals surface area contributed by atoms with E-state index in [1.54, 1.807) is 12.2 Å². The number of halogens is 1. The second-order valence-corrected chi connectivity index (χ2v) is 6.30. The minimum absolute atomic E-state index is 1.04. The van der Waals surface area contributed by atoms with E-state index in [2.05, 4.69) is 6.92 Å². The van der Waals surface area contributed by atoms with Crippen molar-refractivity contribution in [1.82, 2.24) is 0 Å². The summed E-state index contributed by atoms with van der Waals surface area (Å²) in [5.74, 6) is 0. The summed E-state index contributed by atoms with van der Waals surface area (Å²) < 4.78 is 0. The van der Waals surface area contributed by atoms with E-state index in [0.717, 1.165) is 12.5 Å². The summed E-state index contributed by atoms with van der Waals surface area (Å²) in [7, 11) is 0. The fourth-order valence-corrected chi connectivity index (χ4v) is 2.35. The number of alkyl halides is 1.